The Morgan fingerprint density at radius 1 is 0.947 bits per heavy atom. The van der Waals surface area contributed by atoms with E-state index in [1.165, 1.54) is 6.33 Å². The van der Waals surface area contributed by atoms with Gasteiger partial charge in [-0.1, -0.05) is 30.4 Å². The molecule has 4 heteroatoms. The molecule has 0 aliphatic rings. The first-order chi connectivity index (χ1) is 9.42. The summed E-state index contributed by atoms with van der Waals surface area (Å²) in [6, 6.07) is 7.69. The molecular weight excluding hydrogens is 238 g/mol. The Morgan fingerprint density at radius 3 is 2.58 bits per heavy atom. The fourth-order valence-electron chi connectivity index (χ4n) is 1.66. The fraction of sp³-hybridized carbons (Fsp3) is 0. The summed E-state index contributed by atoms with van der Waals surface area (Å²) in [6.45, 7) is 0. The van der Waals surface area contributed by atoms with Gasteiger partial charge in [0, 0.05) is 24.0 Å². The highest BCUT2D eigenvalue weighted by atomic mass is 16.3. The molecule has 0 aliphatic carbocycles. The molecule has 92 valence electrons. The number of aromatic nitrogens is 3. The number of hydrogen-bond donors (Lipinski definition) is 0. The van der Waals surface area contributed by atoms with E-state index in [4.69, 9.17) is 4.42 Å². The second-order valence-electron chi connectivity index (χ2n) is 3.91. The molecule has 0 unspecified atom stereocenters. The highest BCUT2D eigenvalue weighted by Crippen LogP contribution is 2.15. The van der Waals surface area contributed by atoms with Crippen LogP contribution in [-0.4, -0.2) is 15.0 Å². The van der Waals surface area contributed by atoms with E-state index < -0.39 is 0 Å². The van der Waals surface area contributed by atoms with Gasteiger partial charge in [-0.25, -0.2) is 15.0 Å². The molecule has 0 radical (unpaired) electrons. The number of fused-ring (bicyclic) bond motifs is 1. The molecule has 19 heavy (non-hydrogen) atoms. The smallest absolute Gasteiger partial charge is 0.219 e. The zero-order valence-corrected chi connectivity index (χ0v) is 10.1. The van der Waals surface area contributed by atoms with Crippen molar-refractivity contribution in [1.82, 2.24) is 15.0 Å². The largest absolute Gasteiger partial charge is 0.437 e. The second-order valence-corrected chi connectivity index (χ2v) is 3.91. The van der Waals surface area contributed by atoms with Crippen LogP contribution in [0, 0.1) is 0 Å². The Kier molecular flexibility index (Phi) is 3.14. The van der Waals surface area contributed by atoms with Gasteiger partial charge in [0.05, 0.1) is 0 Å². The van der Waals surface area contributed by atoms with Crippen molar-refractivity contribution in [2.75, 3.05) is 0 Å². The van der Waals surface area contributed by atoms with Crippen LogP contribution >= 0.6 is 0 Å². The molecule has 3 rings (SSSR count). The molecule has 0 amide bonds. The Labute approximate surface area is 110 Å². The number of para-hydroxylation sites is 2. The average Bonchev–Trinajstić information content (AvgIpc) is 2.87. The van der Waals surface area contributed by atoms with Gasteiger partial charge in [0.1, 0.15) is 11.8 Å². The molecule has 0 aliphatic heterocycles. The molecule has 0 saturated carbocycles. The highest BCUT2D eigenvalue weighted by molar-refractivity contribution is 5.73. The van der Waals surface area contributed by atoms with Crippen molar-refractivity contribution in [3.05, 3.63) is 66.6 Å². The van der Waals surface area contributed by atoms with E-state index in [1.54, 1.807) is 12.4 Å². The van der Waals surface area contributed by atoms with Gasteiger partial charge in [-0.2, -0.15) is 0 Å². The van der Waals surface area contributed by atoms with Gasteiger partial charge in [0.25, 0.3) is 0 Å². The molecule has 4 nitrogen and oxygen atoms in total. The third-order valence-corrected chi connectivity index (χ3v) is 2.53. The molecule has 0 saturated heterocycles. The molecule has 1 aromatic carbocycles. The second kappa shape index (κ2) is 5.27. The number of hydrogen-bond acceptors (Lipinski definition) is 4. The Hall–Kier alpha value is -2.75. The summed E-state index contributed by atoms with van der Waals surface area (Å²) in [5.41, 5.74) is 2.61. The minimum Gasteiger partial charge on any atom is -0.437 e. The first-order valence-electron chi connectivity index (χ1n) is 5.87. The van der Waals surface area contributed by atoms with Gasteiger partial charge in [0.2, 0.25) is 5.89 Å². The molecule has 0 bridgehead atoms. The number of rotatable bonds is 3. The monoisotopic (exact) mass is 249 g/mol. The average molecular weight is 249 g/mol. The summed E-state index contributed by atoms with van der Waals surface area (Å²) >= 11 is 0. The van der Waals surface area contributed by atoms with Gasteiger partial charge >= 0.3 is 0 Å². The Morgan fingerprint density at radius 2 is 1.74 bits per heavy atom. The third kappa shape index (κ3) is 2.74. The van der Waals surface area contributed by atoms with Crippen LogP contribution in [0.15, 0.2) is 59.6 Å². The lowest BCUT2D eigenvalue weighted by molar-refractivity contribution is 0.589. The lowest BCUT2D eigenvalue weighted by Gasteiger charge is -1.86. The van der Waals surface area contributed by atoms with E-state index in [2.05, 4.69) is 15.0 Å². The van der Waals surface area contributed by atoms with Gasteiger partial charge in [-0.05, 0) is 12.1 Å². The predicted octanol–water partition coefficient (Wildman–Crippen LogP) is 3.34. The SMILES string of the molecule is C(/C=C/c1nc2ccccc2o1)=C\c1cncnc1. The van der Waals surface area contributed by atoms with E-state index in [9.17, 15) is 0 Å². The molecule has 2 aromatic heterocycles. The van der Waals surface area contributed by atoms with Crippen molar-refractivity contribution < 1.29 is 4.42 Å². The molecule has 0 fully saturated rings. The molecule has 0 N–H and O–H groups in total. The van der Waals surface area contributed by atoms with Crippen molar-refractivity contribution in [1.29, 1.82) is 0 Å². The fourth-order valence-corrected chi connectivity index (χ4v) is 1.66. The van der Waals surface area contributed by atoms with Crippen molar-refractivity contribution in [2.24, 2.45) is 0 Å². The van der Waals surface area contributed by atoms with E-state index in [-0.39, 0.29) is 0 Å². The normalized spacial score (nSPS) is 11.8. The first-order valence-corrected chi connectivity index (χ1v) is 5.87. The van der Waals surface area contributed by atoms with Crippen LogP contribution in [0.4, 0.5) is 0 Å². The maximum absolute atomic E-state index is 5.56. The van der Waals surface area contributed by atoms with Crippen LogP contribution in [0.25, 0.3) is 23.3 Å². The number of oxazole rings is 1. The van der Waals surface area contributed by atoms with Crippen molar-refractivity contribution in [3.63, 3.8) is 0 Å². The minimum absolute atomic E-state index is 0.593. The van der Waals surface area contributed by atoms with Crippen LogP contribution in [-0.2, 0) is 0 Å². The zero-order chi connectivity index (χ0) is 12.9. The van der Waals surface area contributed by atoms with Gasteiger partial charge in [0.15, 0.2) is 5.58 Å². The van der Waals surface area contributed by atoms with E-state index >= 15 is 0 Å². The van der Waals surface area contributed by atoms with Crippen LogP contribution in [0.3, 0.4) is 0 Å². The van der Waals surface area contributed by atoms with Gasteiger partial charge in [-0.15, -0.1) is 0 Å². The predicted molar refractivity (Wildman–Crippen MR) is 74.1 cm³/mol. The maximum atomic E-state index is 5.56. The standard InChI is InChI=1S/C15H11N3O/c1(5-12-9-16-11-17-10-12)4-8-15-18-13-6-2-3-7-14(13)19-15/h1-11H/b5-1+,8-4+. The molecule has 0 spiro atoms. The third-order valence-electron chi connectivity index (χ3n) is 2.53. The van der Waals surface area contributed by atoms with Crippen LogP contribution < -0.4 is 0 Å². The quantitative estimate of drug-likeness (QED) is 0.668. The molecule has 3 aromatic rings. The summed E-state index contributed by atoms with van der Waals surface area (Å²) in [6.07, 6.45) is 12.5. The topological polar surface area (TPSA) is 51.8 Å². The van der Waals surface area contributed by atoms with Crippen LogP contribution in [0.1, 0.15) is 11.5 Å². The maximum Gasteiger partial charge on any atom is 0.219 e. The lowest BCUT2D eigenvalue weighted by Crippen LogP contribution is -1.77. The lowest BCUT2D eigenvalue weighted by atomic mass is 10.3. The summed E-state index contributed by atoms with van der Waals surface area (Å²) in [5, 5.41) is 0. The van der Waals surface area contributed by atoms with Crippen LogP contribution in [0.5, 0.6) is 0 Å². The van der Waals surface area contributed by atoms with Crippen LogP contribution in [0.2, 0.25) is 0 Å². The van der Waals surface area contributed by atoms with Crippen molar-refractivity contribution >= 4 is 23.3 Å². The van der Waals surface area contributed by atoms with Gasteiger partial charge < -0.3 is 4.42 Å². The summed E-state index contributed by atoms with van der Waals surface area (Å²) in [7, 11) is 0. The summed E-state index contributed by atoms with van der Waals surface area (Å²) in [4.78, 5) is 12.2. The minimum atomic E-state index is 0.593. The van der Waals surface area contributed by atoms with Crippen molar-refractivity contribution in [3.8, 4) is 0 Å². The first kappa shape index (κ1) is 11.3. The molecule has 0 atom stereocenters. The highest BCUT2D eigenvalue weighted by Gasteiger charge is 1.99. The van der Waals surface area contributed by atoms with E-state index in [0.717, 1.165) is 16.7 Å². The number of allylic oxidation sites excluding steroid dienone is 2. The number of benzene rings is 1. The summed E-state index contributed by atoms with van der Waals surface area (Å²) < 4.78 is 5.56. The zero-order valence-electron chi connectivity index (χ0n) is 10.1. The summed E-state index contributed by atoms with van der Waals surface area (Å²) in [5.74, 6) is 0.593. The molecule has 2 heterocycles. The number of nitrogens with zero attached hydrogens (tertiary/aromatic N) is 3. The Balaban J connectivity index is 1.74. The van der Waals surface area contributed by atoms with Crippen molar-refractivity contribution in [2.45, 2.75) is 0 Å². The van der Waals surface area contributed by atoms with E-state index in [0.29, 0.717) is 5.89 Å². The Bertz CT molecular complexity index is 696. The molecular formula is C15H11N3O. The van der Waals surface area contributed by atoms with E-state index in [1.807, 2.05) is 48.6 Å². The van der Waals surface area contributed by atoms with Gasteiger partial charge in [-0.3, -0.25) is 0 Å².